The maximum Gasteiger partial charge on any atom is 0.341 e. The standard InChI is InChI=1S/C14H21N3O4Si/c1-20-14(19)10-8-17(9-21-5-6-22(2,3)4)13-12(10)16-11(18)7-15-13/h7-8H,5-6,9H2,1-4H3,(H,16,18). The molecule has 0 atom stereocenters. The number of fused-ring (bicyclic) bond motifs is 1. The van der Waals surface area contributed by atoms with Gasteiger partial charge in [0.25, 0.3) is 5.56 Å². The van der Waals surface area contributed by atoms with E-state index in [1.54, 1.807) is 10.8 Å². The smallest absolute Gasteiger partial charge is 0.341 e. The van der Waals surface area contributed by atoms with Crippen LogP contribution < -0.4 is 5.56 Å². The van der Waals surface area contributed by atoms with E-state index in [-0.39, 0.29) is 17.9 Å². The molecule has 2 aromatic heterocycles. The molecule has 120 valence electrons. The first-order chi connectivity index (χ1) is 10.3. The molecule has 0 aliphatic rings. The highest BCUT2D eigenvalue weighted by atomic mass is 28.3. The molecule has 0 aliphatic heterocycles. The summed E-state index contributed by atoms with van der Waals surface area (Å²) in [7, 11) is 0.150. The van der Waals surface area contributed by atoms with E-state index >= 15 is 0 Å². The zero-order valence-corrected chi connectivity index (χ0v) is 14.3. The number of aromatic amines is 1. The van der Waals surface area contributed by atoms with Crippen LogP contribution in [0.15, 0.2) is 17.2 Å². The Morgan fingerprint density at radius 1 is 1.41 bits per heavy atom. The van der Waals surface area contributed by atoms with Gasteiger partial charge in [-0.15, -0.1) is 0 Å². The first-order valence-corrected chi connectivity index (χ1v) is 10.8. The summed E-state index contributed by atoms with van der Waals surface area (Å²) in [5.41, 5.74) is 0.771. The third-order valence-electron chi connectivity index (χ3n) is 3.23. The van der Waals surface area contributed by atoms with E-state index in [9.17, 15) is 9.59 Å². The normalized spacial score (nSPS) is 11.8. The Bertz CT molecular complexity index is 730. The average Bonchev–Trinajstić information content (AvgIpc) is 2.79. The molecule has 0 aromatic carbocycles. The van der Waals surface area contributed by atoms with Gasteiger partial charge >= 0.3 is 5.97 Å². The largest absolute Gasteiger partial charge is 0.465 e. The molecule has 0 amide bonds. The molecule has 2 rings (SSSR count). The molecule has 0 unspecified atom stereocenters. The van der Waals surface area contributed by atoms with Crippen LogP contribution in [0.25, 0.3) is 11.2 Å². The molecule has 7 nitrogen and oxygen atoms in total. The average molecular weight is 323 g/mol. The highest BCUT2D eigenvalue weighted by Crippen LogP contribution is 2.17. The number of nitrogens with one attached hydrogen (secondary N) is 1. The van der Waals surface area contributed by atoms with Crippen LogP contribution in [0.4, 0.5) is 0 Å². The molecule has 1 N–H and O–H groups in total. The van der Waals surface area contributed by atoms with Gasteiger partial charge in [0.1, 0.15) is 17.8 Å². The monoisotopic (exact) mass is 323 g/mol. The van der Waals surface area contributed by atoms with Crippen LogP contribution in [0.1, 0.15) is 10.4 Å². The number of hydrogen-bond acceptors (Lipinski definition) is 5. The topological polar surface area (TPSA) is 86.2 Å². The number of nitrogens with zero attached hydrogens (tertiary/aromatic N) is 2. The van der Waals surface area contributed by atoms with Crippen molar-refractivity contribution in [2.45, 2.75) is 32.4 Å². The molecule has 0 saturated carbocycles. The predicted molar refractivity (Wildman–Crippen MR) is 85.8 cm³/mol. The Morgan fingerprint density at radius 3 is 2.77 bits per heavy atom. The van der Waals surface area contributed by atoms with Gasteiger partial charge in [-0.3, -0.25) is 4.79 Å². The van der Waals surface area contributed by atoms with Gasteiger partial charge < -0.3 is 19.0 Å². The maximum atomic E-state index is 11.8. The zero-order valence-electron chi connectivity index (χ0n) is 13.3. The van der Waals surface area contributed by atoms with Gasteiger partial charge in [0.2, 0.25) is 0 Å². The van der Waals surface area contributed by atoms with Crippen molar-refractivity contribution in [1.82, 2.24) is 14.5 Å². The summed E-state index contributed by atoms with van der Waals surface area (Å²) >= 11 is 0. The maximum absolute atomic E-state index is 11.8. The Morgan fingerprint density at radius 2 is 2.14 bits per heavy atom. The Kier molecular flexibility index (Phi) is 4.82. The van der Waals surface area contributed by atoms with E-state index in [1.807, 2.05) is 0 Å². The van der Waals surface area contributed by atoms with Crippen molar-refractivity contribution in [1.29, 1.82) is 0 Å². The summed E-state index contributed by atoms with van der Waals surface area (Å²) in [6.07, 6.45) is 2.77. The van der Waals surface area contributed by atoms with Gasteiger partial charge in [-0.05, 0) is 6.04 Å². The first kappa shape index (κ1) is 16.4. The Balaban J connectivity index is 2.23. The number of H-pyrrole nitrogens is 1. The van der Waals surface area contributed by atoms with Crippen LogP contribution in [0.5, 0.6) is 0 Å². The second-order valence-corrected chi connectivity index (χ2v) is 11.9. The lowest BCUT2D eigenvalue weighted by Crippen LogP contribution is -2.22. The lowest BCUT2D eigenvalue weighted by molar-refractivity contribution is 0.0600. The summed E-state index contributed by atoms with van der Waals surface area (Å²) in [5.74, 6) is -0.519. The van der Waals surface area contributed by atoms with Crippen LogP contribution in [-0.4, -0.2) is 42.3 Å². The Labute approximate surface area is 129 Å². The lowest BCUT2D eigenvalue weighted by atomic mass is 10.3. The number of rotatable bonds is 6. The highest BCUT2D eigenvalue weighted by Gasteiger charge is 2.18. The zero-order chi connectivity index (χ0) is 16.3. The third-order valence-corrected chi connectivity index (χ3v) is 4.94. The highest BCUT2D eigenvalue weighted by molar-refractivity contribution is 6.76. The van der Waals surface area contributed by atoms with Crippen molar-refractivity contribution in [2.24, 2.45) is 0 Å². The van der Waals surface area contributed by atoms with E-state index < -0.39 is 14.0 Å². The second-order valence-electron chi connectivity index (χ2n) is 6.30. The molecule has 22 heavy (non-hydrogen) atoms. The molecule has 8 heteroatoms. The minimum Gasteiger partial charge on any atom is -0.465 e. The predicted octanol–water partition coefficient (Wildman–Crippen LogP) is 1.82. The molecular formula is C14H21N3O4Si. The fourth-order valence-electron chi connectivity index (χ4n) is 1.99. The van der Waals surface area contributed by atoms with Crippen molar-refractivity contribution >= 4 is 25.2 Å². The fraction of sp³-hybridized carbons (Fsp3) is 0.500. The van der Waals surface area contributed by atoms with Gasteiger partial charge in [-0.2, -0.15) is 0 Å². The van der Waals surface area contributed by atoms with Crippen molar-refractivity contribution in [3.63, 3.8) is 0 Å². The number of carbonyl (C=O) groups is 1. The molecule has 2 heterocycles. The summed E-state index contributed by atoms with van der Waals surface area (Å²) in [6, 6.07) is 1.06. The van der Waals surface area contributed by atoms with Crippen molar-refractivity contribution in [2.75, 3.05) is 13.7 Å². The molecule has 0 aliphatic carbocycles. The number of methoxy groups -OCH3 is 1. The molecule has 0 fully saturated rings. The van der Waals surface area contributed by atoms with E-state index in [0.29, 0.717) is 17.8 Å². The van der Waals surface area contributed by atoms with Gasteiger partial charge in [0, 0.05) is 20.9 Å². The van der Waals surface area contributed by atoms with Crippen LogP contribution in [0.3, 0.4) is 0 Å². The van der Waals surface area contributed by atoms with Gasteiger partial charge in [0.05, 0.1) is 13.3 Å². The minimum absolute atomic E-state index is 0.275. The van der Waals surface area contributed by atoms with Crippen LogP contribution >= 0.6 is 0 Å². The van der Waals surface area contributed by atoms with Crippen LogP contribution in [0.2, 0.25) is 25.7 Å². The lowest BCUT2D eigenvalue weighted by Gasteiger charge is -2.15. The Hall–Kier alpha value is -1.93. The number of esters is 1. The molecule has 0 radical (unpaired) electrons. The van der Waals surface area contributed by atoms with Crippen molar-refractivity contribution in [3.8, 4) is 0 Å². The number of ether oxygens (including phenoxy) is 2. The van der Waals surface area contributed by atoms with E-state index in [4.69, 9.17) is 9.47 Å². The molecular weight excluding hydrogens is 302 g/mol. The van der Waals surface area contributed by atoms with Gasteiger partial charge in [-0.1, -0.05) is 19.6 Å². The van der Waals surface area contributed by atoms with Crippen molar-refractivity contribution in [3.05, 3.63) is 28.3 Å². The third kappa shape index (κ3) is 3.83. The molecule has 0 bridgehead atoms. The molecule has 0 spiro atoms. The summed E-state index contributed by atoms with van der Waals surface area (Å²) in [5, 5.41) is 0. The van der Waals surface area contributed by atoms with Gasteiger partial charge in [0.15, 0.2) is 5.65 Å². The summed E-state index contributed by atoms with van der Waals surface area (Å²) in [6.45, 7) is 7.78. The van der Waals surface area contributed by atoms with Crippen LogP contribution in [0, 0.1) is 0 Å². The quantitative estimate of drug-likeness (QED) is 0.498. The molecule has 2 aromatic rings. The fourth-order valence-corrected chi connectivity index (χ4v) is 2.74. The minimum atomic E-state index is -1.15. The number of aromatic nitrogens is 3. The first-order valence-electron chi connectivity index (χ1n) is 7.06. The molecule has 0 saturated heterocycles. The van der Waals surface area contributed by atoms with E-state index in [0.717, 1.165) is 6.04 Å². The van der Waals surface area contributed by atoms with Gasteiger partial charge in [-0.25, -0.2) is 9.78 Å². The summed E-state index contributed by atoms with van der Waals surface area (Å²) in [4.78, 5) is 29.9. The van der Waals surface area contributed by atoms with Crippen LogP contribution in [-0.2, 0) is 16.2 Å². The SMILES string of the molecule is COC(=O)c1cn(COCC[Si](C)(C)C)c2ncc(=O)[nH]c12. The number of hydrogen-bond donors (Lipinski definition) is 1. The van der Waals surface area contributed by atoms with Crippen molar-refractivity contribution < 1.29 is 14.3 Å². The summed E-state index contributed by atoms with van der Waals surface area (Å²) < 4.78 is 12.1. The second kappa shape index (κ2) is 6.45. The van der Waals surface area contributed by atoms with E-state index in [2.05, 4.69) is 29.6 Å². The van der Waals surface area contributed by atoms with E-state index in [1.165, 1.54) is 13.3 Å². The number of carbonyl (C=O) groups excluding carboxylic acids is 1.